The van der Waals surface area contributed by atoms with Crippen molar-refractivity contribution in [3.63, 3.8) is 0 Å². The molecule has 1 atom stereocenters. The maximum Gasteiger partial charge on any atom is 0.550 e. The normalized spacial score (nSPS) is 21.9. The smallest absolute Gasteiger partial charge is 0.433 e. The third kappa shape index (κ3) is 5.84. The van der Waals surface area contributed by atoms with Gasteiger partial charge in [-0.2, -0.15) is 4.79 Å². The Hall–Kier alpha value is -2.05. The van der Waals surface area contributed by atoms with Gasteiger partial charge >= 0.3 is 12.1 Å². The second-order valence-corrected chi connectivity index (χ2v) is 9.90. The summed E-state index contributed by atoms with van der Waals surface area (Å²) in [5.41, 5.74) is 1.25. The van der Waals surface area contributed by atoms with Crippen LogP contribution in [0.3, 0.4) is 0 Å². The van der Waals surface area contributed by atoms with Gasteiger partial charge in [-0.15, -0.1) is 12.4 Å². The molecule has 2 aliphatic heterocycles. The van der Waals surface area contributed by atoms with Crippen LogP contribution in [0.15, 0.2) is 29.4 Å². The third-order valence-electron chi connectivity index (χ3n) is 5.77. The summed E-state index contributed by atoms with van der Waals surface area (Å²) in [5, 5.41) is 17.6. The largest absolute Gasteiger partial charge is 0.550 e. The van der Waals surface area contributed by atoms with Gasteiger partial charge in [0.15, 0.2) is 5.84 Å². The van der Waals surface area contributed by atoms with E-state index in [0.717, 1.165) is 37.8 Å². The SMILES string of the molecule is CC1=N[N+](CCC2CCNCC2)(C(=O)O)C(=O)N1c1ccccc1CCNS(C)(=O)=O.Cl. The average Bonchev–Trinajstić information content (AvgIpc) is 2.97. The fraction of sp³-hybridized carbons (Fsp3) is 0.550. The van der Waals surface area contributed by atoms with E-state index >= 15 is 0 Å². The predicted octanol–water partition coefficient (Wildman–Crippen LogP) is 2.36. The summed E-state index contributed by atoms with van der Waals surface area (Å²) in [6.45, 7) is 3.69. The highest BCUT2D eigenvalue weighted by molar-refractivity contribution is 7.88. The van der Waals surface area contributed by atoms with E-state index in [2.05, 4.69) is 15.1 Å². The number of piperidine rings is 1. The number of hydrogen-bond acceptors (Lipinski definition) is 6. The molecule has 0 bridgehead atoms. The van der Waals surface area contributed by atoms with Crippen LogP contribution in [0.1, 0.15) is 31.7 Å². The minimum atomic E-state index is -3.34. The zero-order valence-electron chi connectivity index (χ0n) is 18.3. The van der Waals surface area contributed by atoms with Gasteiger partial charge in [0.05, 0.1) is 11.9 Å². The van der Waals surface area contributed by atoms with Crippen LogP contribution in [0.5, 0.6) is 0 Å². The molecular formula is C20H31ClN5O5S+. The highest BCUT2D eigenvalue weighted by atomic mass is 35.5. The number of amides is 3. The molecule has 0 aliphatic carbocycles. The van der Waals surface area contributed by atoms with Gasteiger partial charge in [0.25, 0.3) is 0 Å². The van der Waals surface area contributed by atoms with Crippen LogP contribution in [0, 0.1) is 5.92 Å². The topological polar surface area (TPSA) is 128 Å². The summed E-state index contributed by atoms with van der Waals surface area (Å²) in [6.07, 6.45) is 2.65. The summed E-state index contributed by atoms with van der Waals surface area (Å²) in [5.74, 6) is 0.670. The molecule has 1 saturated heterocycles. The Morgan fingerprint density at radius 2 is 1.97 bits per heavy atom. The van der Waals surface area contributed by atoms with E-state index in [-0.39, 0.29) is 25.5 Å². The van der Waals surface area contributed by atoms with Crippen molar-refractivity contribution in [3.05, 3.63) is 29.8 Å². The van der Waals surface area contributed by atoms with E-state index in [1.807, 2.05) is 0 Å². The van der Waals surface area contributed by atoms with Crippen molar-refractivity contribution in [2.24, 2.45) is 11.0 Å². The lowest BCUT2D eigenvalue weighted by Crippen LogP contribution is -2.54. The number of anilines is 1. The second-order valence-electron chi connectivity index (χ2n) is 8.07. The van der Waals surface area contributed by atoms with Crippen LogP contribution in [0.4, 0.5) is 15.3 Å². The van der Waals surface area contributed by atoms with Gasteiger partial charge in [0.1, 0.15) is 6.54 Å². The Morgan fingerprint density at radius 1 is 1.31 bits per heavy atom. The van der Waals surface area contributed by atoms with Crippen molar-refractivity contribution in [1.82, 2.24) is 10.0 Å². The van der Waals surface area contributed by atoms with E-state index in [0.29, 0.717) is 30.3 Å². The number of sulfonamides is 1. The minimum Gasteiger partial charge on any atom is -0.433 e. The van der Waals surface area contributed by atoms with Gasteiger partial charge in [-0.3, -0.25) is 0 Å². The van der Waals surface area contributed by atoms with Gasteiger partial charge in [-0.05, 0) is 59.6 Å². The summed E-state index contributed by atoms with van der Waals surface area (Å²) in [4.78, 5) is 27.0. The van der Waals surface area contributed by atoms with E-state index in [1.165, 1.54) is 4.90 Å². The molecule has 0 spiro atoms. The number of halogens is 1. The first-order chi connectivity index (χ1) is 14.6. The Morgan fingerprint density at radius 3 is 2.59 bits per heavy atom. The Balaban J connectivity index is 0.00000363. The number of carboxylic acid groups (broad SMARTS) is 1. The number of rotatable bonds is 8. The Labute approximate surface area is 194 Å². The number of carbonyl (C=O) groups is 2. The number of hydrogen-bond donors (Lipinski definition) is 3. The molecule has 0 aromatic heterocycles. The van der Waals surface area contributed by atoms with E-state index in [9.17, 15) is 23.1 Å². The molecule has 1 fully saturated rings. The maximum atomic E-state index is 13.4. The second kappa shape index (κ2) is 10.7. The molecule has 2 heterocycles. The molecule has 3 N–H and O–H groups in total. The van der Waals surface area contributed by atoms with Crippen LogP contribution in [-0.2, 0) is 16.4 Å². The van der Waals surface area contributed by atoms with Crippen molar-refractivity contribution in [2.75, 3.05) is 37.3 Å². The molecule has 32 heavy (non-hydrogen) atoms. The summed E-state index contributed by atoms with van der Waals surface area (Å²) in [7, 11) is -3.34. The fourth-order valence-corrected chi connectivity index (χ4v) is 4.61. The molecule has 3 rings (SSSR count). The van der Waals surface area contributed by atoms with Crippen molar-refractivity contribution < 1.29 is 27.7 Å². The highest BCUT2D eigenvalue weighted by Gasteiger charge is 2.56. The molecular weight excluding hydrogens is 458 g/mol. The van der Waals surface area contributed by atoms with E-state index in [4.69, 9.17) is 0 Å². The predicted molar refractivity (Wildman–Crippen MR) is 125 cm³/mol. The molecule has 2 aliphatic rings. The fourth-order valence-electron chi connectivity index (χ4n) is 4.13. The molecule has 178 valence electrons. The molecule has 12 heteroatoms. The molecule has 0 saturated carbocycles. The minimum absolute atomic E-state index is 0. The standard InChI is InChI=1S/C20H29N5O5S.ClH/c1-15-23-25(20(27)28,14-10-16-7-11-21-12-8-16)19(26)24(15)18-6-4-3-5-17(18)9-13-22-31(2,29)30;/h3-6,16,21-22H,7-14H2,1-2H3;1H/p+1. The highest BCUT2D eigenvalue weighted by Crippen LogP contribution is 2.32. The quantitative estimate of drug-likeness (QED) is 0.482. The van der Waals surface area contributed by atoms with Gasteiger partial charge in [-0.1, -0.05) is 18.2 Å². The van der Waals surface area contributed by atoms with Crippen molar-refractivity contribution in [2.45, 2.75) is 32.6 Å². The zero-order chi connectivity index (χ0) is 22.6. The molecule has 3 amide bonds. The van der Waals surface area contributed by atoms with Gasteiger partial charge in [0.2, 0.25) is 10.0 Å². The van der Waals surface area contributed by atoms with Crippen molar-refractivity contribution >= 4 is 46.1 Å². The molecule has 1 aromatic carbocycles. The number of imide groups is 1. The zero-order valence-corrected chi connectivity index (χ0v) is 19.9. The summed E-state index contributed by atoms with van der Waals surface area (Å²) >= 11 is 0. The van der Waals surface area contributed by atoms with Crippen LogP contribution < -0.4 is 14.9 Å². The van der Waals surface area contributed by atoms with Crippen LogP contribution in [-0.4, -0.2) is 68.5 Å². The molecule has 1 aromatic rings. The molecule has 0 radical (unpaired) electrons. The summed E-state index contributed by atoms with van der Waals surface area (Å²) in [6, 6.07) is 6.45. The molecule has 1 unspecified atom stereocenters. The number of nitrogens with zero attached hydrogens (tertiary/aromatic N) is 3. The monoisotopic (exact) mass is 488 g/mol. The van der Waals surface area contributed by atoms with Crippen LogP contribution in [0.25, 0.3) is 0 Å². The van der Waals surface area contributed by atoms with Gasteiger partial charge < -0.3 is 10.4 Å². The van der Waals surface area contributed by atoms with E-state index in [1.54, 1.807) is 31.2 Å². The Bertz CT molecular complexity index is 980. The Kier molecular flexibility index (Phi) is 8.77. The summed E-state index contributed by atoms with van der Waals surface area (Å²) < 4.78 is 24.2. The number of amidine groups is 1. The van der Waals surface area contributed by atoms with E-state index < -0.39 is 26.7 Å². The third-order valence-corrected chi connectivity index (χ3v) is 6.50. The number of nitrogens with one attached hydrogen (secondary N) is 2. The van der Waals surface area contributed by atoms with Crippen LogP contribution in [0.2, 0.25) is 0 Å². The average molecular weight is 489 g/mol. The lowest BCUT2D eigenvalue weighted by molar-refractivity contribution is -0.778. The number of quaternary nitrogens is 1. The van der Waals surface area contributed by atoms with Gasteiger partial charge in [0, 0.05) is 19.9 Å². The van der Waals surface area contributed by atoms with Gasteiger partial charge in [-0.25, -0.2) is 22.8 Å². The number of para-hydroxylation sites is 1. The number of urea groups is 1. The first-order valence-corrected chi connectivity index (χ1v) is 12.3. The number of benzene rings is 1. The first kappa shape index (κ1) is 26.2. The lowest BCUT2D eigenvalue weighted by Gasteiger charge is -2.26. The lowest BCUT2D eigenvalue weighted by atomic mass is 9.94. The van der Waals surface area contributed by atoms with Crippen LogP contribution >= 0.6 is 12.4 Å². The maximum absolute atomic E-state index is 13.4. The molecule has 10 nitrogen and oxygen atoms in total. The number of carbonyl (C=O) groups excluding carboxylic acids is 1. The van der Waals surface area contributed by atoms with Crippen molar-refractivity contribution in [3.8, 4) is 0 Å². The van der Waals surface area contributed by atoms with Crippen molar-refractivity contribution in [1.29, 1.82) is 0 Å². The first-order valence-electron chi connectivity index (χ1n) is 10.4.